The van der Waals surface area contributed by atoms with E-state index >= 15 is 0 Å². The van der Waals surface area contributed by atoms with E-state index in [1.54, 1.807) is 17.9 Å². The van der Waals surface area contributed by atoms with E-state index in [9.17, 15) is 4.79 Å². The van der Waals surface area contributed by atoms with Crippen LogP contribution in [0.5, 0.6) is 5.75 Å². The van der Waals surface area contributed by atoms with Gasteiger partial charge in [0.1, 0.15) is 11.3 Å². The van der Waals surface area contributed by atoms with Crippen LogP contribution in [0.4, 0.5) is 17.3 Å². The first-order chi connectivity index (χ1) is 18.4. The summed E-state index contributed by atoms with van der Waals surface area (Å²) in [6, 6.07) is 13.8. The van der Waals surface area contributed by atoms with Crippen LogP contribution in [0.1, 0.15) is 41.1 Å². The summed E-state index contributed by atoms with van der Waals surface area (Å²) in [4.78, 5) is 19.0. The predicted octanol–water partition coefficient (Wildman–Crippen LogP) is 4.71. The van der Waals surface area contributed by atoms with Crippen molar-refractivity contribution in [2.75, 3.05) is 37.9 Å². The molecule has 0 aliphatic carbocycles. The minimum Gasteiger partial charge on any atom is -0.495 e. The average Bonchev–Trinajstić information content (AvgIpc) is 3.39. The van der Waals surface area contributed by atoms with Crippen molar-refractivity contribution in [1.82, 2.24) is 24.7 Å². The summed E-state index contributed by atoms with van der Waals surface area (Å²) >= 11 is 0. The van der Waals surface area contributed by atoms with Gasteiger partial charge < -0.3 is 20.3 Å². The quantitative estimate of drug-likeness (QED) is 0.331. The van der Waals surface area contributed by atoms with Gasteiger partial charge in [0, 0.05) is 12.1 Å². The third-order valence-electron chi connectivity index (χ3n) is 7.09. The lowest BCUT2D eigenvalue weighted by molar-refractivity contribution is -0.111. The molecule has 1 aliphatic heterocycles. The zero-order valence-corrected chi connectivity index (χ0v) is 22.1. The molecule has 1 fully saturated rings. The standard InChI is InChI=1S/C29H33N7O2/c1-5-28(37)31-22-8-6-7-20(16-22)17-24-26-9-12-30-36(26)34-29(32-24)33-25-15-19(2)23(18-27(25)38-4)21-10-13-35(3)14-11-21/h5-9,12,15-16,18,21H,1,10-11,13-14,17H2,2-4H3,(H,31,37)(H,33,34). The summed E-state index contributed by atoms with van der Waals surface area (Å²) in [5.41, 5.74) is 6.70. The summed E-state index contributed by atoms with van der Waals surface area (Å²) in [6.45, 7) is 7.88. The van der Waals surface area contributed by atoms with Gasteiger partial charge in [0.15, 0.2) is 0 Å². The summed E-state index contributed by atoms with van der Waals surface area (Å²) in [7, 11) is 3.87. The van der Waals surface area contributed by atoms with Crippen LogP contribution >= 0.6 is 0 Å². The lowest BCUT2D eigenvalue weighted by atomic mass is 9.86. The first-order valence-electron chi connectivity index (χ1n) is 12.8. The minimum atomic E-state index is -0.250. The third-order valence-corrected chi connectivity index (χ3v) is 7.09. The normalized spacial score (nSPS) is 14.4. The van der Waals surface area contributed by atoms with Gasteiger partial charge in [-0.2, -0.15) is 5.10 Å². The van der Waals surface area contributed by atoms with Crippen LogP contribution in [0.25, 0.3) is 5.52 Å². The highest BCUT2D eigenvalue weighted by molar-refractivity contribution is 5.98. The van der Waals surface area contributed by atoms with Crippen molar-refractivity contribution in [2.45, 2.75) is 32.1 Å². The fourth-order valence-corrected chi connectivity index (χ4v) is 5.06. The molecule has 0 saturated carbocycles. The van der Waals surface area contributed by atoms with Gasteiger partial charge in [-0.1, -0.05) is 18.7 Å². The minimum absolute atomic E-state index is 0.250. The van der Waals surface area contributed by atoms with E-state index < -0.39 is 0 Å². The molecule has 2 aromatic heterocycles. The van der Waals surface area contributed by atoms with Crippen molar-refractivity contribution in [1.29, 1.82) is 0 Å². The van der Waals surface area contributed by atoms with Crippen LogP contribution in [0.2, 0.25) is 0 Å². The third kappa shape index (κ3) is 5.52. The number of methoxy groups -OCH3 is 1. The van der Waals surface area contributed by atoms with Gasteiger partial charge in [0.25, 0.3) is 0 Å². The first kappa shape index (κ1) is 25.4. The van der Waals surface area contributed by atoms with Crippen LogP contribution in [0.15, 0.2) is 61.3 Å². The number of benzene rings is 2. The maximum Gasteiger partial charge on any atom is 0.247 e. The monoisotopic (exact) mass is 511 g/mol. The topological polar surface area (TPSA) is 96.7 Å². The molecule has 3 heterocycles. The number of anilines is 3. The molecule has 0 spiro atoms. The molecule has 1 aliphatic rings. The molecule has 0 unspecified atom stereocenters. The first-order valence-corrected chi connectivity index (χ1v) is 12.8. The van der Waals surface area contributed by atoms with Crippen LogP contribution < -0.4 is 15.4 Å². The number of carbonyl (C=O) groups is 1. The second-order valence-corrected chi connectivity index (χ2v) is 9.77. The van der Waals surface area contributed by atoms with E-state index in [0.717, 1.165) is 54.1 Å². The molecule has 0 radical (unpaired) electrons. The molecule has 1 saturated heterocycles. The Morgan fingerprint density at radius 1 is 1.21 bits per heavy atom. The molecule has 9 nitrogen and oxygen atoms in total. The molecular formula is C29H33N7O2. The van der Waals surface area contributed by atoms with Gasteiger partial charge >= 0.3 is 0 Å². The fourth-order valence-electron chi connectivity index (χ4n) is 5.06. The lowest BCUT2D eigenvalue weighted by Crippen LogP contribution is -2.29. The Morgan fingerprint density at radius 3 is 2.79 bits per heavy atom. The summed E-state index contributed by atoms with van der Waals surface area (Å²) in [6.07, 6.45) is 5.79. The number of hydrogen-bond donors (Lipinski definition) is 2. The largest absolute Gasteiger partial charge is 0.495 e. The fraction of sp³-hybridized carbons (Fsp3) is 0.310. The number of piperidine rings is 1. The maximum atomic E-state index is 11.7. The smallest absolute Gasteiger partial charge is 0.247 e. The van der Waals surface area contributed by atoms with Crippen LogP contribution in [-0.4, -0.2) is 57.9 Å². The molecule has 38 heavy (non-hydrogen) atoms. The molecule has 4 aromatic rings. The SMILES string of the molecule is C=CC(=O)Nc1cccc(Cc2nc(Nc3cc(C)c(C4CCN(C)CC4)cc3OC)nn3nccc23)c1. The van der Waals surface area contributed by atoms with Crippen molar-refractivity contribution < 1.29 is 9.53 Å². The number of hydrogen-bond acceptors (Lipinski definition) is 7. The van der Waals surface area contributed by atoms with Crippen LogP contribution in [0.3, 0.4) is 0 Å². The summed E-state index contributed by atoms with van der Waals surface area (Å²) in [5.74, 6) is 1.47. The molecule has 196 valence electrons. The van der Waals surface area contributed by atoms with E-state index in [-0.39, 0.29) is 5.91 Å². The molecule has 2 N–H and O–H groups in total. The van der Waals surface area contributed by atoms with E-state index in [2.05, 4.69) is 58.4 Å². The van der Waals surface area contributed by atoms with Crippen molar-refractivity contribution in [3.63, 3.8) is 0 Å². The van der Waals surface area contributed by atoms with Crippen molar-refractivity contribution >= 4 is 28.7 Å². The number of ether oxygens (including phenoxy) is 1. The number of nitrogens with one attached hydrogen (secondary N) is 2. The number of likely N-dealkylation sites (tertiary alicyclic amines) is 1. The van der Waals surface area contributed by atoms with E-state index in [0.29, 0.717) is 24.0 Å². The highest BCUT2D eigenvalue weighted by atomic mass is 16.5. The number of aryl methyl sites for hydroxylation is 1. The van der Waals surface area contributed by atoms with E-state index in [1.165, 1.54) is 17.2 Å². The Kier molecular flexibility index (Phi) is 7.37. The van der Waals surface area contributed by atoms with Crippen molar-refractivity contribution in [2.24, 2.45) is 0 Å². The summed E-state index contributed by atoms with van der Waals surface area (Å²) in [5, 5.41) is 15.1. The Morgan fingerprint density at radius 2 is 2.03 bits per heavy atom. The summed E-state index contributed by atoms with van der Waals surface area (Å²) < 4.78 is 7.37. The second-order valence-electron chi connectivity index (χ2n) is 9.77. The van der Waals surface area contributed by atoms with Crippen molar-refractivity contribution in [3.05, 3.63) is 83.7 Å². The Labute approximate surface area is 222 Å². The zero-order chi connectivity index (χ0) is 26.6. The van der Waals surface area contributed by atoms with Gasteiger partial charge in [-0.25, -0.2) is 4.98 Å². The van der Waals surface area contributed by atoms with Crippen LogP contribution in [0, 0.1) is 6.92 Å². The van der Waals surface area contributed by atoms with Gasteiger partial charge in [-0.3, -0.25) is 4.79 Å². The number of amides is 1. The molecule has 2 aromatic carbocycles. The number of nitrogens with zero attached hydrogens (tertiary/aromatic N) is 5. The van der Waals surface area contributed by atoms with E-state index in [4.69, 9.17) is 9.72 Å². The highest BCUT2D eigenvalue weighted by Gasteiger charge is 2.22. The predicted molar refractivity (Wildman–Crippen MR) is 149 cm³/mol. The Hall–Kier alpha value is -4.24. The highest BCUT2D eigenvalue weighted by Crippen LogP contribution is 2.37. The molecule has 5 rings (SSSR count). The molecule has 0 bridgehead atoms. The van der Waals surface area contributed by atoms with Gasteiger partial charge in [-0.15, -0.1) is 9.73 Å². The van der Waals surface area contributed by atoms with Crippen LogP contribution in [-0.2, 0) is 11.2 Å². The van der Waals surface area contributed by atoms with Gasteiger partial charge in [-0.05, 0) is 98.9 Å². The molecule has 1 amide bonds. The Bertz CT molecular complexity index is 1470. The molecule has 9 heteroatoms. The average molecular weight is 512 g/mol. The molecule has 0 atom stereocenters. The second kappa shape index (κ2) is 11.0. The van der Waals surface area contributed by atoms with E-state index in [1.807, 2.05) is 30.3 Å². The van der Waals surface area contributed by atoms with Crippen molar-refractivity contribution in [3.8, 4) is 5.75 Å². The number of carbonyl (C=O) groups excluding carboxylic acids is 1. The Balaban J connectivity index is 1.43. The zero-order valence-electron chi connectivity index (χ0n) is 22.1. The van der Waals surface area contributed by atoms with Gasteiger partial charge in [0.05, 0.1) is 24.7 Å². The lowest BCUT2D eigenvalue weighted by Gasteiger charge is -2.30. The number of rotatable bonds is 8. The van der Waals surface area contributed by atoms with Gasteiger partial charge in [0.2, 0.25) is 11.9 Å². The number of fused-ring (bicyclic) bond motifs is 1. The number of aromatic nitrogens is 4. The molecular weight excluding hydrogens is 478 g/mol. The maximum absolute atomic E-state index is 11.7.